The first-order valence-electron chi connectivity index (χ1n) is 4.15. The van der Waals surface area contributed by atoms with Crippen LogP contribution < -0.4 is 5.32 Å². The molecule has 0 bridgehead atoms. The molecular formula is C8H17NOS. The maximum absolute atomic E-state index is 10.7. The summed E-state index contributed by atoms with van der Waals surface area (Å²) in [6.45, 7) is 4.85. The molecule has 0 fully saturated rings. The highest BCUT2D eigenvalue weighted by Gasteiger charge is 1.93. The number of hydrogen-bond donors (Lipinski definition) is 1. The SMILES string of the molecule is CCCSCCNC(=O)CC. The van der Waals surface area contributed by atoms with Gasteiger partial charge >= 0.3 is 0 Å². The zero-order valence-electron chi connectivity index (χ0n) is 7.35. The van der Waals surface area contributed by atoms with Crippen LogP contribution in [0.2, 0.25) is 0 Å². The minimum absolute atomic E-state index is 0.155. The van der Waals surface area contributed by atoms with Gasteiger partial charge in [-0.25, -0.2) is 0 Å². The summed E-state index contributed by atoms with van der Waals surface area (Å²) in [5.41, 5.74) is 0. The van der Waals surface area contributed by atoms with Crippen molar-refractivity contribution in [1.82, 2.24) is 5.32 Å². The summed E-state index contributed by atoms with van der Waals surface area (Å²) in [7, 11) is 0. The quantitative estimate of drug-likeness (QED) is 0.622. The lowest BCUT2D eigenvalue weighted by Gasteiger charge is -2.01. The van der Waals surface area contributed by atoms with Gasteiger partial charge in [-0.3, -0.25) is 4.79 Å². The van der Waals surface area contributed by atoms with Gasteiger partial charge in [-0.2, -0.15) is 11.8 Å². The molecule has 0 unspecified atom stereocenters. The van der Waals surface area contributed by atoms with Crippen molar-refractivity contribution in [3.63, 3.8) is 0 Å². The summed E-state index contributed by atoms with van der Waals surface area (Å²) in [4.78, 5) is 10.7. The number of amides is 1. The predicted octanol–water partition coefficient (Wildman–Crippen LogP) is 1.66. The second-order valence-electron chi connectivity index (χ2n) is 2.32. The molecule has 0 aliphatic rings. The lowest BCUT2D eigenvalue weighted by Crippen LogP contribution is -2.24. The van der Waals surface area contributed by atoms with Crippen molar-refractivity contribution in [3.05, 3.63) is 0 Å². The van der Waals surface area contributed by atoms with E-state index in [4.69, 9.17) is 0 Å². The molecule has 0 atom stereocenters. The van der Waals surface area contributed by atoms with Crippen LogP contribution >= 0.6 is 11.8 Å². The molecule has 0 spiro atoms. The van der Waals surface area contributed by atoms with Crippen LogP contribution in [-0.4, -0.2) is 24.0 Å². The Bertz CT molecular complexity index is 106. The maximum atomic E-state index is 10.7. The number of nitrogens with one attached hydrogen (secondary N) is 1. The van der Waals surface area contributed by atoms with Gasteiger partial charge in [0.1, 0.15) is 0 Å². The van der Waals surface area contributed by atoms with Crippen molar-refractivity contribution < 1.29 is 4.79 Å². The molecule has 2 nitrogen and oxygen atoms in total. The van der Waals surface area contributed by atoms with E-state index in [9.17, 15) is 4.79 Å². The summed E-state index contributed by atoms with van der Waals surface area (Å²) < 4.78 is 0. The molecular weight excluding hydrogens is 158 g/mol. The van der Waals surface area contributed by atoms with Crippen LogP contribution in [0.25, 0.3) is 0 Å². The highest BCUT2D eigenvalue weighted by molar-refractivity contribution is 7.99. The van der Waals surface area contributed by atoms with Gasteiger partial charge in [0.2, 0.25) is 5.91 Å². The van der Waals surface area contributed by atoms with Gasteiger partial charge in [-0.15, -0.1) is 0 Å². The Morgan fingerprint density at radius 3 is 2.64 bits per heavy atom. The zero-order valence-corrected chi connectivity index (χ0v) is 8.17. The monoisotopic (exact) mass is 175 g/mol. The maximum Gasteiger partial charge on any atom is 0.219 e. The zero-order chi connectivity index (χ0) is 8.53. The van der Waals surface area contributed by atoms with Gasteiger partial charge in [-0.1, -0.05) is 13.8 Å². The summed E-state index contributed by atoms with van der Waals surface area (Å²) in [6, 6.07) is 0. The standard InChI is InChI=1S/C8H17NOS/c1-3-6-11-7-5-9-8(10)4-2/h3-7H2,1-2H3,(H,9,10). The molecule has 0 saturated heterocycles. The average Bonchev–Trinajstić information content (AvgIpc) is 2.04. The van der Waals surface area contributed by atoms with Crippen molar-refractivity contribution in [2.45, 2.75) is 26.7 Å². The second kappa shape index (κ2) is 7.92. The van der Waals surface area contributed by atoms with Gasteiger partial charge in [0.05, 0.1) is 0 Å². The number of carbonyl (C=O) groups is 1. The van der Waals surface area contributed by atoms with E-state index in [1.54, 1.807) is 0 Å². The number of rotatable bonds is 6. The number of hydrogen-bond acceptors (Lipinski definition) is 2. The molecule has 3 heteroatoms. The Hall–Kier alpha value is -0.180. The normalized spacial score (nSPS) is 9.64. The van der Waals surface area contributed by atoms with Gasteiger partial charge < -0.3 is 5.32 Å². The van der Waals surface area contributed by atoms with Crippen LogP contribution in [0.1, 0.15) is 26.7 Å². The van der Waals surface area contributed by atoms with E-state index in [2.05, 4.69) is 12.2 Å². The van der Waals surface area contributed by atoms with Crippen LogP contribution in [0.15, 0.2) is 0 Å². The fraction of sp³-hybridized carbons (Fsp3) is 0.875. The highest BCUT2D eigenvalue weighted by Crippen LogP contribution is 1.99. The van der Waals surface area contributed by atoms with Crippen molar-refractivity contribution in [2.24, 2.45) is 0 Å². The Labute approximate surface area is 73.1 Å². The molecule has 0 saturated carbocycles. The van der Waals surface area contributed by atoms with E-state index in [1.807, 2.05) is 18.7 Å². The van der Waals surface area contributed by atoms with E-state index in [1.165, 1.54) is 12.2 Å². The van der Waals surface area contributed by atoms with Crippen LogP contribution in [0.5, 0.6) is 0 Å². The lowest BCUT2D eigenvalue weighted by molar-refractivity contribution is -0.120. The Kier molecular flexibility index (Phi) is 7.79. The fourth-order valence-corrected chi connectivity index (χ4v) is 1.37. The summed E-state index contributed by atoms with van der Waals surface area (Å²) in [5.74, 6) is 2.39. The molecule has 0 heterocycles. The molecule has 0 aromatic heterocycles. The van der Waals surface area contributed by atoms with Crippen LogP contribution in [0.3, 0.4) is 0 Å². The molecule has 0 aliphatic carbocycles. The van der Waals surface area contributed by atoms with E-state index < -0.39 is 0 Å². The molecule has 1 amide bonds. The molecule has 0 aliphatic heterocycles. The highest BCUT2D eigenvalue weighted by atomic mass is 32.2. The van der Waals surface area contributed by atoms with Gasteiger partial charge in [0.25, 0.3) is 0 Å². The van der Waals surface area contributed by atoms with Crippen LogP contribution in [0, 0.1) is 0 Å². The third-order valence-electron chi connectivity index (χ3n) is 1.24. The third-order valence-corrected chi connectivity index (χ3v) is 2.43. The Balaban J connectivity index is 2.95. The van der Waals surface area contributed by atoms with E-state index in [-0.39, 0.29) is 5.91 Å². The van der Waals surface area contributed by atoms with E-state index in [0.29, 0.717) is 6.42 Å². The first-order chi connectivity index (χ1) is 5.31. The third kappa shape index (κ3) is 7.72. The Morgan fingerprint density at radius 2 is 2.09 bits per heavy atom. The van der Waals surface area contributed by atoms with Gasteiger partial charge in [-0.05, 0) is 12.2 Å². The molecule has 0 aromatic carbocycles. The van der Waals surface area contributed by atoms with Gasteiger partial charge in [0.15, 0.2) is 0 Å². The number of carbonyl (C=O) groups excluding carboxylic acids is 1. The Morgan fingerprint density at radius 1 is 1.36 bits per heavy atom. The molecule has 1 N–H and O–H groups in total. The number of thioether (sulfide) groups is 1. The largest absolute Gasteiger partial charge is 0.355 e. The van der Waals surface area contributed by atoms with Crippen molar-refractivity contribution in [3.8, 4) is 0 Å². The summed E-state index contributed by atoms with van der Waals surface area (Å²) in [6.07, 6.45) is 1.81. The topological polar surface area (TPSA) is 29.1 Å². The van der Waals surface area contributed by atoms with E-state index >= 15 is 0 Å². The first-order valence-corrected chi connectivity index (χ1v) is 5.31. The molecule has 66 valence electrons. The first kappa shape index (κ1) is 10.8. The predicted molar refractivity (Wildman–Crippen MR) is 50.9 cm³/mol. The average molecular weight is 175 g/mol. The minimum Gasteiger partial charge on any atom is -0.355 e. The minimum atomic E-state index is 0.155. The van der Waals surface area contributed by atoms with Crippen molar-refractivity contribution >= 4 is 17.7 Å². The lowest BCUT2D eigenvalue weighted by atomic mass is 10.4. The molecule has 0 aromatic rings. The smallest absolute Gasteiger partial charge is 0.219 e. The van der Waals surface area contributed by atoms with Crippen LogP contribution in [0.4, 0.5) is 0 Å². The summed E-state index contributed by atoms with van der Waals surface area (Å²) >= 11 is 1.89. The van der Waals surface area contributed by atoms with Crippen LogP contribution in [-0.2, 0) is 4.79 Å². The van der Waals surface area contributed by atoms with Gasteiger partial charge in [0, 0.05) is 18.7 Å². The van der Waals surface area contributed by atoms with Crippen molar-refractivity contribution in [1.29, 1.82) is 0 Å². The van der Waals surface area contributed by atoms with Crippen molar-refractivity contribution in [2.75, 3.05) is 18.1 Å². The fourth-order valence-electron chi connectivity index (χ4n) is 0.634. The van der Waals surface area contributed by atoms with E-state index in [0.717, 1.165) is 12.3 Å². The molecule has 0 rings (SSSR count). The molecule has 0 radical (unpaired) electrons. The molecule has 11 heavy (non-hydrogen) atoms. The second-order valence-corrected chi connectivity index (χ2v) is 3.54. The summed E-state index contributed by atoms with van der Waals surface area (Å²) in [5, 5.41) is 2.83.